The minimum Gasteiger partial charge on any atom is -0.351 e. The number of anilines is 2. The fourth-order valence-electron chi connectivity index (χ4n) is 3.56. The van der Waals surface area contributed by atoms with E-state index >= 15 is 0 Å². The van der Waals surface area contributed by atoms with Crippen LogP contribution in [0.1, 0.15) is 22.5 Å². The molecule has 8 nitrogen and oxygen atoms in total. The molecule has 0 saturated carbocycles. The Hall–Kier alpha value is -2.94. The Morgan fingerprint density at radius 2 is 1.93 bits per heavy atom. The monoisotopic (exact) mass is 398 g/mol. The van der Waals surface area contributed by atoms with Crippen molar-refractivity contribution in [2.45, 2.75) is 26.8 Å². The topological polar surface area (TPSA) is 93.0 Å². The van der Waals surface area contributed by atoms with Crippen molar-refractivity contribution in [3.05, 3.63) is 59.2 Å². The molecule has 2 aromatic heterocycles. The number of sulfonamides is 1. The number of fused-ring (bicyclic) bond motifs is 1. The number of hydrogen-bond acceptors (Lipinski definition) is 6. The second kappa shape index (κ2) is 6.90. The van der Waals surface area contributed by atoms with Crippen LogP contribution in [-0.4, -0.2) is 41.0 Å². The van der Waals surface area contributed by atoms with Crippen LogP contribution in [0.15, 0.2) is 36.7 Å². The molecule has 0 saturated heterocycles. The van der Waals surface area contributed by atoms with Crippen LogP contribution in [0, 0.1) is 13.8 Å². The second-order valence-corrected chi connectivity index (χ2v) is 8.81. The van der Waals surface area contributed by atoms with Crippen LogP contribution in [0.25, 0.3) is 5.82 Å². The zero-order valence-corrected chi connectivity index (χ0v) is 16.9. The molecule has 0 atom stereocenters. The molecular formula is C19H22N6O2S. The van der Waals surface area contributed by atoms with Gasteiger partial charge in [0.2, 0.25) is 10.0 Å². The van der Waals surface area contributed by atoms with Crippen molar-refractivity contribution < 1.29 is 8.42 Å². The predicted octanol–water partition coefficient (Wildman–Crippen LogP) is 2.21. The molecule has 9 heteroatoms. The Labute approximate surface area is 164 Å². The van der Waals surface area contributed by atoms with Gasteiger partial charge < -0.3 is 4.90 Å². The summed E-state index contributed by atoms with van der Waals surface area (Å²) in [5, 5.41) is 4.48. The number of rotatable bonds is 4. The van der Waals surface area contributed by atoms with E-state index in [2.05, 4.69) is 19.7 Å². The number of benzene rings is 1. The number of nitrogens with zero attached hydrogens (tertiary/aromatic N) is 5. The van der Waals surface area contributed by atoms with Crippen molar-refractivity contribution in [3.63, 3.8) is 0 Å². The molecule has 0 bridgehead atoms. The third kappa shape index (κ3) is 3.70. The van der Waals surface area contributed by atoms with E-state index in [1.54, 1.807) is 23.1 Å². The summed E-state index contributed by atoms with van der Waals surface area (Å²) in [7, 11) is -3.31. The number of aromatic nitrogens is 4. The fraction of sp³-hybridized carbons (Fsp3) is 0.316. The molecule has 1 N–H and O–H groups in total. The van der Waals surface area contributed by atoms with Crippen LogP contribution < -0.4 is 9.62 Å². The van der Waals surface area contributed by atoms with Gasteiger partial charge in [-0.15, -0.1) is 0 Å². The highest BCUT2D eigenvalue weighted by atomic mass is 32.2. The SMILES string of the molecule is Cc1cc(C)n(-c2cncc(N3CCc4c(cccc4NS(C)(=O)=O)C3)n2)n1. The lowest BCUT2D eigenvalue weighted by Gasteiger charge is -2.31. The molecule has 4 rings (SSSR count). The van der Waals surface area contributed by atoms with E-state index < -0.39 is 10.0 Å². The van der Waals surface area contributed by atoms with Gasteiger partial charge in [-0.05, 0) is 43.5 Å². The van der Waals surface area contributed by atoms with Gasteiger partial charge in [0.1, 0.15) is 5.82 Å². The predicted molar refractivity (Wildman–Crippen MR) is 108 cm³/mol. The molecule has 3 aromatic rings. The van der Waals surface area contributed by atoms with Gasteiger partial charge >= 0.3 is 0 Å². The Morgan fingerprint density at radius 1 is 1.14 bits per heavy atom. The van der Waals surface area contributed by atoms with E-state index in [0.717, 1.165) is 41.3 Å². The lowest BCUT2D eigenvalue weighted by Crippen LogP contribution is -2.32. The Balaban J connectivity index is 1.63. The van der Waals surface area contributed by atoms with E-state index in [4.69, 9.17) is 4.98 Å². The van der Waals surface area contributed by atoms with Crippen molar-refractivity contribution in [2.24, 2.45) is 0 Å². The van der Waals surface area contributed by atoms with Crippen molar-refractivity contribution in [3.8, 4) is 5.82 Å². The maximum Gasteiger partial charge on any atom is 0.229 e. The van der Waals surface area contributed by atoms with E-state index in [9.17, 15) is 8.42 Å². The first-order chi connectivity index (χ1) is 13.3. The highest BCUT2D eigenvalue weighted by Gasteiger charge is 2.21. The minimum absolute atomic E-state index is 0.643. The zero-order valence-electron chi connectivity index (χ0n) is 16.0. The lowest BCUT2D eigenvalue weighted by atomic mass is 9.98. The summed E-state index contributed by atoms with van der Waals surface area (Å²) in [4.78, 5) is 11.2. The van der Waals surface area contributed by atoms with Crippen molar-refractivity contribution in [1.82, 2.24) is 19.7 Å². The maximum absolute atomic E-state index is 11.6. The van der Waals surface area contributed by atoms with Crippen molar-refractivity contribution in [1.29, 1.82) is 0 Å². The van der Waals surface area contributed by atoms with Crippen molar-refractivity contribution in [2.75, 3.05) is 22.4 Å². The average molecular weight is 398 g/mol. The first-order valence-electron chi connectivity index (χ1n) is 8.99. The third-order valence-corrected chi connectivity index (χ3v) is 5.31. The normalized spacial score (nSPS) is 14.0. The number of nitrogens with one attached hydrogen (secondary N) is 1. The molecule has 1 aliphatic heterocycles. The molecule has 0 unspecified atom stereocenters. The van der Waals surface area contributed by atoms with Gasteiger partial charge in [0.25, 0.3) is 0 Å². The van der Waals surface area contributed by atoms with Crippen LogP contribution in [0.4, 0.5) is 11.5 Å². The van der Waals surface area contributed by atoms with Crippen LogP contribution in [-0.2, 0) is 23.0 Å². The van der Waals surface area contributed by atoms with E-state index in [0.29, 0.717) is 18.1 Å². The second-order valence-electron chi connectivity index (χ2n) is 7.06. The first kappa shape index (κ1) is 18.4. The molecule has 1 aliphatic rings. The summed E-state index contributed by atoms with van der Waals surface area (Å²) >= 11 is 0. The van der Waals surface area contributed by atoms with Crippen molar-refractivity contribution >= 4 is 21.5 Å². The van der Waals surface area contributed by atoms with Gasteiger partial charge in [0, 0.05) is 18.8 Å². The van der Waals surface area contributed by atoms with Crippen LogP contribution >= 0.6 is 0 Å². The number of hydrogen-bond donors (Lipinski definition) is 1. The lowest BCUT2D eigenvalue weighted by molar-refractivity contribution is 0.606. The summed E-state index contributed by atoms with van der Waals surface area (Å²) in [6, 6.07) is 7.70. The molecule has 0 radical (unpaired) electrons. The molecule has 0 aliphatic carbocycles. The molecule has 28 heavy (non-hydrogen) atoms. The van der Waals surface area contributed by atoms with Gasteiger partial charge in [-0.1, -0.05) is 12.1 Å². The highest BCUT2D eigenvalue weighted by Crippen LogP contribution is 2.29. The average Bonchev–Trinajstić information content (AvgIpc) is 2.99. The smallest absolute Gasteiger partial charge is 0.229 e. The maximum atomic E-state index is 11.6. The Kier molecular flexibility index (Phi) is 4.54. The standard InChI is InChI=1S/C19H22N6O2S/c1-13-9-14(2)25(22-13)19-11-20-10-18(21-19)24-8-7-16-15(12-24)5-4-6-17(16)23-28(3,26)27/h4-6,9-11,23H,7-8,12H2,1-3H3. The van der Waals surface area contributed by atoms with E-state index in [1.165, 1.54) is 6.26 Å². The summed E-state index contributed by atoms with van der Waals surface area (Å²) in [6.45, 7) is 5.31. The Bertz CT molecular complexity index is 1140. The largest absolute Gasteiger partial charge is 0.351 e. The van der Waals surface area contributed by atoms with Crippen LogP contribution in [0.2, 0.25) is 0 Å². The molecule has 0 spiro atoms. The zero-order chi connectivity index (χ0) is 19.9. The fourth-order valence-corrected chi connectivity index (χ4v) is 4.15. The summed E-state index contributed by atoms with van der Waals surface area (Å²) < 4.78 is 27.7. The quantitative estimate of drug-likeness (QED) is 0.724. The first-order valence-corrected chi connectivity index (χ1v) is 10.9. The molecule has 3 heterocycles. The summed E-state index contributed by atoms with van der Waals surface area (Å²) in [5.74, 6) is 1.46. The highest BCUT2D eigenvalue weighted by molar-refractivity contribution is 7.92. The molecule has 0 fully saturated rings. The van der Waals surface area contributed by atoms with E-state index in [-0.39, 0.29) is 0 Å². The Morgan fingerprint density at radius 3 is 2.64 bits per heavy atom. The van der Waals surface area contributed by atoms with Crippen LogP contribution in [0.5, 0.6) is 0 Å². The van der Waals surface area contributed by atoms with Gasteiger partial charge in [-0.2, -0.15) is 5.10 Å². The molecule has 1 aromatic carbocycles. The molecular weight excluding hydrogens is 376 g/mol. The van der Waals surface area contributed by atoms with Gasteiger partial charge in [-0.3, -0.25) is 9.71 Å². The minimum atomic E-state index is -3.31. The van der Waals surface area contributed by atoms with Gasteiger partial charge in [-0.25, -0.2) is 18.1 Å². The van der Waals surface area contributed by atoms with Gasteiger partial charge in [0.05, 0.1) is 30.0 Å². The summed E-state index contributed by atoms with van der Waals surface area (Å²) in [6.07, 6.45) is 5.34. The third-order valence-electron chi connectivity index (χ3n) is 4.72. The number of aryl methyl sites for hydroxylation is 2. The van der Waals surface area contributed by atoms with E-state index in [1.807, 2.05) is 32.0 Å². The molecule has 0 amide bonds. The van der Waals surface area contributed by atoms with Gasteiger partial charge in [0.15, 0.2) is 5.82 Å². The summed E-state index contributed by atoms with van der Waals surface area (Å²) in [5.41, 5.74) is 4.71. The molecule has 146 valence electrons. The van der Waals surface area contributed by atoms with Crippen LogP contribution in [0.3, 0.4) is 0 Å².